The van der Waals surface area contributed by atoms with E-state index in [4.69, 9.17) is 14.6 Å². The molecule has 0 saturated carbocycles. The van der Waals surface area contributed by atoms with Crippen molar-refractivity contribution in [1.29, 1.82) is 0 Å². The summed E-state index contributed by atoms with van der Waals surface area (Å²) in [7, 11) is 1.61. The van der Waals surface area contributed by atoms with Gasteiger partial charge in [0.1, 0.15) is 11.5 Å². The van der Waals surface area contributed by atoms with Gasteiger partial charge in [-0.1, -0.05) is 6.07 Å². The van der Waals surface area contributed by atoms with Crippen molar-refractivity contribution in [3.8, 4) is 11.5 Å². The number of hydrogen-bond acceptors (Lipinski definition) is 5. The lowest BCUT2D eigenvalue weighted by atomic mass is 10.1. The molecular formula is C13H17NO5. The Morgan fingerprint density at radius 3 is 3.00 bits per heavy atom. The van der Waals surface area contributed by atoms with Gasteiger partial charge in [-0.05, 0) is 12.1 Å². The highest BCUT2D eigenvalue weighted by Crippen LogP contribution is 2.21. The van der Waals surface area contributed by atoms with Gasteiger partial charge in [0.15, 0.2) is 6.23 Å². The van der Waals surface area contributed by atoms with Crippen LogP contribution in [0.1, 0.15) is 6.42 Å². The molecule has 2 N–H and O–H groups in total. The van der Waals surface area contributed by atoms with E-state index in [2.05, 4.69) is 10.1 Å². The minimum atomic E-state index is -1.26. The molecule has 2 atom stereocenters. The van der Waals surface area contributed by atoms with Gasteiger partial charge < -0.3 is 19.3 Å². The zero-order chi connectivity index (χ0) is 13.7. The third kappa shape index (κ3) is 4.03. The first kappa shape index (κ1) is 13.5. The summed E-state index contributed by atoms with van der Waals surface area (Å²) in [6, 6.07) is 7.38. The second-order valence-corrected chi connectivity index (χ2v) is 4.37. The molecule has 6 heteroatoms. The summed E-state index contributed by atoms with van der Waals surface area (Å²) >= 11 is 0. The van der Waals surface area contributed by atoms with Crippen molar-refractivity contribution in [1.82, 2.24) is 5.32 Å². The quantitative estimate of drug-likeness (QED) is 0.791. The van der Waals surface area contributed by atoms with Gasteiger partial charge >= 0.3 is 6.16 Å². The average Bonchev–Trinajstić information content (AvgIpc) is 2.83. The van der Waals surface area contributed by atoms with E-state index in [0.717, 1.165) is 11.5 Å². The molecule has 1 aromatic carbocycles. The fraction of sp³-hybridized carbons (Fsp3) is 0.462. The molecule has 1 heterocycles. The second kappa shape index (κ2) is 6.29. The molecule has 2 rings (SSSR count). The summed E-state index contributed by atoms with van der Waals surface area (Å²) in [5.74, 6) is 1.71. The van der Waals surface area contributed by atoms with Crippen LogP contribution in [-0.4, -0.2) is 37.8 Å². The molecule has 0 unspecified atom stereocenters. The molecular weight excluding hydrogens is 250 g/mol. The van der Waals surface area contributed by atoms with Crippen molar-refractivity contribution >= 4 is 6.16 Å². The third-order valence-corrected chi connectivity index (χ3v) is 2.95. The lowest BCUT2D eigenvalue weighted by Gasteiger charge is -2.12. The van der Waals surface area contributed by atoms with E-state index in [1.165, 1.54) is 0 Å². The maximum atomic E-state index is 10.4. The molecule has 6 nitrogen and oxygen atoms in total. The van der Waals surface area contributed by atoms with Crippen LogP contribution in [0, 0.1) is 5.92 Å². The highest BCUT2D eigenvalue weighted by atomic mass is 16.7. The van der Waals surface area contributed by atoms with Gasteiger partial charge in [0, 0.05) is 24.9 Å². The Bertz CT molecular complexity index is 437. The first-order valence-electron chi connectivity index (χ1n) is 6.07. The maximum Gasteiger partial charge on any atom is 0.507 e. The maximum absolute atomic E-state index is 10.4. The largest absolute Gasteiger partial charge is 0.507 e. The number of benzene rings is 1. The zero-order valence-electron chi connectivity index (χ0n) is 10.7. The van der Waals surface area contributed by atoms with Crippen LogP contribution in [0.5, 0.6) is 11.5 Å². The van der Waals surface area contributed by atoms with Gasteiger partial charge in [-0.2, -0.15) is 0 Å². The molecule has 1 saturated heterocycles. The summed E-state index contributed by atoms with van der Waals surface area (Å²) in [6.45, 7) is 1.20. The van der Waals surface area contributed by atoms with Crippen LogP contribution in [0.3, 0.4) is 0 Å². The Morgan fingerprint density at radius 1 is 1.47 bits per heavy atom. The van der Waals surface area contributed by atoms with Gasteiger partial charge in [-0.3, -0.25) is 5.32 Å². The van der Waals surface area contributed by atoms with Crippen LogP contribution in [0.15, 0.2) is 24.3 Å². The molecule has 0 bridgehead atoms. The standard InChI is InChI=1S/C13H17NO5/c1-17-10-3-2-4-11(6-10)18-8-9-5-12(14-7-9)19-13(15)16/h2-4,6,9,12,14H,5,7-8H2,1H3,(H,15,16)/t9-,12-/m0/s1. The van der Waals surface area contributed by atoms with Crippen LogP contribution < -0.4 is 14.8 Å². The van der Waals surface area contributed by atoms with Crippen LogP contribution >= 0.6 is 0 Å². The van der Waals surface area contributed by atoms with Gasteiger partial charge in [0.2, 0.25) is 0 Å². The number of rotatable bonds is 5. The van der Waals surface area contributed by atoms with E-state index in [-0.39, 0.29) is 5.92 Å². The minimum Gasteiger partial charge on any atom is -0.497 e. The molecule has 19 heavy (non-hydrogen) atoms. The first-order chi connectivity index (χ1) is 9.17. The van der Waals surface area contributed by atoms with Crippen molar-refractivity contribution in [2.24, 2.45) is 5.92 Å². The van der Waals surface area contributed by atoms with Crippen LogP contribution in [0.25, 0.3) is 0 Å². The molecule has 0 radical (unpaired) electrons. The van der Waals surface area contributed by atoms with Gasteiger partial charge in [-0.25, -0.2) is 4.79 Å². The van der Waals surface area contributed by atoms with Gasteiger partial charge in [-0.15, -0.1) is 0 Å². The molecule has 104 valence electrons. The van der Waals surface area contributed by atoms with E-state index in [9.17, 15) is 4.79 Å². The number of nitrogens with one attached hydrogen (secondary N) is 1. The van der Waals surface area contributed by atoms with E-state index >= 15 is 0 Å². The normalized spacial score (nSPS) is 21.9. The van der Waals surface area contributed by atoms with Gasteiger partial charge in [0.05, 0.1) is 13.7 Å². The Kier molecular flexibility index (Phi) is 4.46. The monoisotopic (exact) mass is 267 g/mol. The number of carbonyl (C=O) groups is 1. The topological polar surface area (TPSA) is 77.0 Å². The van der Waals surface area contributed by atoms with Crippen LogP contribution in [0.2, 0.25) is 0 Å². The summed E-state index contributed by atoms with van der Waals surface area (Å²) < 4.78 is 15.4. The zero-order valence-corrected chi connectivity index (χ0v) is 10.7. The highest BCUT2D eigenvalue weighted by molar-refractivity contribution is 5.57. The SMILES string of the molecule is COc1cccc(OC[C@@H]2CN[C@@H](OC(=O)O)C2)c1. The fourth-order valence-electron chi connectivity index (χ4n) is 2.01. The summed E-state index contributed by atoms with van der Waals surface area (Å²) in [5.41, 5.74) is 0. The van der Waals surface area contributed by atoms with E-state index in [0.29, 0.717) is 19.6 Å². The molecule has 0 amide bonds. The summed E-state index contributed by atoms with van der Waals surface area (Å²) in [5, 5.41) is 11.5. The van der Waals surface area contributed by atoms with E-state index in [1.54, 1.807) is 7.11 Å². The Labute approximate surface area is 111 Å². The molecule has 1 aliphatic rings. The number of ether oxygens (including phenoxy) is 3. The van der Waals surface area contributed by atoms with Crippen molar-refractivity contribution in [2.75, 3.05) is 20.3 Å². The Morgan fingerprint density at radius 2 is 2.26 bits per heavy atom. The fourth-order valence-corrected chi connectivity index (χ4v) is 2.01. The molecule has 0 spiro atoms. The van der Waals surface area contributed by atoms with Crippen molar-refractivity contribution < 1.29 is 24.1 Å². The predicted molar refractivity (Wildman–Crippen MR) is 67.5 cm³/mol. The minimum absolute atomic E-state index is 0.232. The number of methoxy groups -OCH3 is 1. The van der Waals surface area contributed by atoms with E-state index < -0.39 is 12.4 Å². The molecule has 1 aliphatic heterocycles. The lowest BCUT2D eigenvalue weighted by Crippen LogP contribution is -2.26. The molecule has 0 aromatic heterocycles. The molecule has 1 aromatic rings. The van der Waals surface area contributed by atoms with Crippen molar-refractivity contribution in [3.63, 3.8) is 0 Å². The first-order valence-corrected chi connectivity index (χ1v) is 6.07. The van der Waals surface area contributed by atoms with Crippen molar-refractivity contribution in [2.45, 2.75) is 12.6 Å². The summed E-state index contributed by atoms with van der Waals surface area (Å²) in [6.07, 6.45) is -1.07. The van der Waals surface area contributed by atoms with Crippen LogP contribution in [-0.2, 0) is 4.74 Å². The highest BCUT2D eigenvalue weighted by Gasteiger charge is 2.27. The third-order valence-electron chi connectivity index (χ3n) is 2.95. The smallest absolute Gasteiger partial charge is 0.497 e. The Balaban J connectivity index is 1.78. The molecule has 1 fully saturated rings. The lowest BCUT2D eigenvalue weighted by molar-refractivity contribution is 0.0433. The predicted octanol–water partition coefficient (Wildman–Crippen LogP) is 1.70. The average molecular weight is 267 g/mol. The van der Waals surface area contributed by atoms with Crippen LogP contribution in [0.4, 0.5) is 4.79 Å². The second-order valence-electron chi connectivity index (χ2n) is 4.37. The Hall–Kier alpha value is -1.95. The number of carboxylic acid groups (broad SMARTS) is 1. The molecule has 0 aliphatic carbocycles. The van der Waals surface area contributed by atoms with Gasteiger partial charge in [0.25, 0.3) is 0 Å². The number of hydrogen-bond donors (Lipinski definition) is 2. The van der Waals surface area contributed by atoms with E-state index in [1.807, 2.05) is 24.3 Å². The van der Waals surface area contributed by atoms with Crippen molar-refractivity contribution in [3.05, 3.63) is 24.3 Å². The summed E-state index contributed by atoms with van der Waals surface area (Å²) in [4.78, 5) is 10.4.